The fraction of sp³-hybridized carbons (Fsp3) is 0.917. The summed E-state index contributed by atoms with van der Waals surface area (Å²) in [5.41, 5.74) is 0.370. The van der Waals surface area contributed by atoms with Crippen molar-refractivity contribution in [3.05, 3.63) is 0 Å². The molecule has 0 aromatic rings. The SMILES string of the molecule is C[C@]12[C@@H]3[C@H]4C[C@@H]5[C@H]3C(=O)[C@@H]1[C@@H]5[C@@H]4[C@@H]2Br. The van der Waals surface area contributed by atoms with Crippen molar-refractivity contribution in [2.75, 3.05) is 0 Å². The summed E-state index contributed by atoms with van der Waals surface area (Å²) < 4.78 is 0. The van der Waals surface area contributed by atoms with Crippen LogP contribution in [0.3, 0.4) is 0 Å². The van der Waals surface area contributed by atoms with E-state index in [2.05, 4.69) is 22.9 Å². The highest BCUT2D eigenvalue weighted by molar-refractivity contribution is 9.09. The molecule has 6 fully saturated rings. The summed E-state index contributed by atoms with van der Waals surface area (Å²) in [5, 5.41) is 0. The molecule has 74 valence electrons. The molecule has 0 amide bonds. The van der Waals surface area contributed by atoms with Crippen LogP contribution in [0.2, 0.25) is 0 Å². The third-order valence-electron chi connectivity index (χ3n) is 6.63. The van der Waals surface area contributed by atoms with Crippen molar-refractivity contribution < 1.29 is 4.79 Å². The van der Waals surface area contributed by atoms with Gasteiger partial charge in [0.25, 0.3) is 0 Å². The van der Waals surface area contributed by atoms with Gasteiger partial charge in [-0.1, -0.05) is 22.9 Å². The Hall–Kier alpha value is 0.150. The van der Waals surface area contributed by atoms with Crippen LogP contribution in [-0.4, -0.2) is 10.6 Å². The van der Waals surface area contributed by atoms with Gasteiger partial charge in [-0.05, 0) is 41.4 Å². The molecule has 0 unspecified atom stereocenters. The second kappa shape index (κ2) is 1.66. The predicted octanol–water partition coefficient (Wildman–Crippen LogP) is 2.10. The number of carbonyl (C=O) groups is 1. The van der Waals surface area contributed by atoms with Crippen molar-refractivity contribution >= 4 is 21.7 Å². The first-order chi connectivity index (χ1) is 6.67. The van der Waals surface area contributed by atoms with E-state index in [0.717, 1.165) is 29.6 Å². The highest BCUT2D eigenvalue weighted by atomic mass is 79.9. The monoisotopic (exact) mass is 252 g/mol. The Morgan fingerprint density at radius 3 is 2.86 bits per heavy atom. The van der Waals surface area contributed by atoms with Gasteiger partial charge in [-0.25, -0.2) is 0 Å². The van der Waals surface area contributed by atoms with E-state index in [9.17, 15) is 4.79 Å². The van der Waals surface area contributed by atoms with E-state index in [0.29, 0.717) is 27.9 Å². The van der Waals surface area contributed by atoms with Gasteiger partial charge in [-0.2, -0.15) is 0 Å². The molecule has 0 radical (unpaired) electrons. The van der Waals surface area contributed by atoms with Crippen molar-refractivity contribution in [2.24, 2.45) is 46.8 Å². The Kier molecular flexibility index (Phi) is 0.883. The maximum Gasteiger partial charge on any atom is 0.140 e. The van der Waals surface area contributed by atoms with E-state index in [1.165, 1.54) is 6.42 Å². The number of hydrogen-bond donors (Lipinski definition) is 0. The Bertz CT molecular complexity index is 390. The number of Topliss-reactive ketones (excluding diaryl/α,β-unsaturated/α-hetero) is 1. The molecule has 6 saturated carbocycles. The lowest BCUT2D eigenvalue weighted by molar-refractivity contribution is -0.122. The number of rotatable bonds is 0. The van der Waals surface area contributed by atoms with Gasteiger partial charge >= 0.3 is 0 Å². The van der Waals surface area contributed by atoms with Gasteiger partial charge in [0, 0.05) is 16.7 Å². The van der Waals surface area contributed by atoms with Crippen LogP contribution in [0.15, 0.2) is 0 Å². The minimum absolute atomic E-state index is 0.370. The summed E-state index contributed by atoms with van der Waals surface area (Å²) in [6.07, 6.45) is 1.39. The molecule has 6 bridgehead atoms. The van der Waals surface area contributed by atoms with Crippen molar-refractivity contribution in [2.45, 2.75) is 18.2 Å². The summed E-state index contributed by atoms with van der Waals surface area (Å²) in [7, 11) is 0. The fourth-order valence-corrected chi connectivity index (χ4v) is 8.05. The third kappa shape index (κ3) is 0.391. The van der Waals surface area contributed by atoms with Gasteiger partial charge in [0.2, 0.25) is 0 Å². The lowest BCUT2D eigenvalue weighted by Gasteiger charge is -2.38. The summed E-state index contributed by atoms with van der Waals surface area (Å²) in [5.74, 6) is 5.85. The molecule has 0 N–H and O–H groups in total. The Balaban J connectivity index is 1.92. The molecule has 6 rings (SSSR count). The van der Waals surface area contributed by atoms with Crippen LogP contribution in [0.5, 0.6) is 0 Å². The molecule has 0 spiro atoms. The molecular weight excluding hydrogens is 240 g/mol. The highest BCUT2D eigenvalue weighted by Crippen LogP contribution is 2.86. The maximum absolute atomic E-state index is 12.2. The molecule has 9 atom stereocenters. The van der Waals surface area contributed by atoms with Crippen LogP contribution < -0.4 is 0 Å². The van der Waals surface area contributed by atoms with Gasteiger partial charge < -0.3 is 0 Å². The minimum atomic E-state index is 0.370. The first-order valence-electron chi connectivity index (χ1n) is 5.85. The normalized spacial score (nSPS) is 80.3. The van der Waals surface area contributed by atoms with E-state index in [1.54, 1.807) is 0 Å². The Morgan fingerprint density at radius 2 is 2.14 bits per heavy atom. The molecule has 14 heavy (non-hydrogen) atoms. The van der Waals surface area contributed by atoms with Gasteiger partial charge in [0.15, 0.2) is 0 Å². The summed E-state index contributed by atoms with van der Waals surface area (Å²) in [4.78, 5) is 12.9. The molecule has 0 aromatic carbocycles. The van der Waals surface area contributed by atoms with E-state index in [4.69, 9.17) is 0 Å². The molecule has 0 heterocycles. The van der Waals surface area contributed by atoms with Crippen molar-refractivity contribution in [1.82, 2.24) is 0 Å². The topological polar surface area (TPSA) is 17.1 Å². The molecular formula is C12H13BrO. The number of carbonyl (C=O) groups excluding carboxylic acids is 1. The minimum Gasteiger partial charge on any atom is -0.299 e. The zero-order chi connectivity index (χ0) is 9.40. The lowest BCUT2D eigenvalue weighted by Crippen LogP contribution is -2.37. The summed E-state index contributed by atoms with van der Waals surface area (Å²) >= 11 is 3.92. The maximum atomic E-state index is 12.2. The van der Waals surface area contributed by atoms with Crippen molar-refractivity contribution in [1.29, 1.82) is 0 Å². The van der Waals surface area contributed by atoms with E-state index in [1.807, 2.05) is 0 Å². The highest BCUT2D eigenvalue weighted by Gasteiger charge is 2.87. The van der Waals surface area contributed by atoms with Gasteiger partial charge in [-0.3, -0.25) is 4.79 Å². The molecule has 0 aliphatic heterocycles. The second-order valence-electron chi connectivity index (χ2n) is 6.42. The van der Waals surface area contributed by atoms with E-state index >= 15 is 0 Å². The molecule has 6 aliphatic rings. The number of hydrogen-bond acceptors (Lipinski definition) is 1. The number of ketones is 1. The molecule has 0 aromatic heterocycles. The van der Waals surface area contributed by atoms with Crippen LogP contribution in [-0.2, 0) is 4.79 Å². The van der Waals surface area contributed by atoms with Crippen LogP contribution in [0.25, 0.3) is 0 Å². The molecule has 1 nitrogen and oxygen atoms in total. The zero-order valence-electron chi connectivity index (χ0n) is 8.11. The summed E-state index contributed by atoms with van der Waals surface area (Å²) in [6.45, 7) is 2.40. The Labute approximate surface area is 91.8 Å². The smallest absolute Gasteiger partial charge is 0.140 e. The first kappa shape index (κ1) is 7.43. The molecule has 0 saturated heterocycles. The van der Waals surface area contributed by atoms with Crippen molar-refractivity contribution in [3.63, 3.8) is 0 Å². The van der Waals surface area contributed by atoms with Crippen LogP contribution >= 0.6 is 15.9 Å². The Morgan fingerprint density at radius 1 is 1.36 bits per heavy atom. The largest absolute Gasteiger partial charge is 0.299 e. The first-order valence-corrected chi connectivity index (χ1v) is 6.76. The van der Waals surface area contributed by atoms with Gasteiger partial charge in [0.1, 0.15) is 5.78 Å². The number of alkyl halides is 1. The zero-order valence-corrected chi connectivity index (χ0v) is 9.70. The van der Waals surface area contributed by atoms with Crippen LogP contribution in [0.4, 0.5) is 0 Å². The lowest BCUT2D eigenvalue weighted by atomic mass is 9.64. The second-order valence-corrected chi connectivity index (χ2v) is 7.40. The average molecular weight is 253 g/mol. The third-order valence-corrected chi connectivity index (χ3v) is 8.22. The standard InChI is InChI=1S/C12H13BrO/c1-12-8-4-2-3-5(6(4)11(12)13)9(12)10(14)7(3)8/h3-9,11H,2H2,1H3/t3-,4-,5-,6+,7+,8+,9-,11-,12-/m0/s1. The van der Waals surface area contributed by atoms with Gasteiger partial charge in [-0.15, -0.1) is 0 Å². The molecule has 6 aliphatic carbocycles. The quantitative estimate of drug-likeness (QED) is 0.604. The average Bonchev–Trinajstić information content (AvgIpc) is 2.81. The van der Waals surface area contributed by atoms with E-state index in [-0.39, 0.29) is 0 Å². The van der Waals surface area contributed by atoms with Crippen molar-refractivity contribution in [3.8, 4) is 0 Å². The summed E-state index contributed by atoms with van der Waals surface area (Å²) in [6, 6.07) is 0. The van der Waals surface area contributed by atoms with Gasteiger partial charge in [0.05, 0.1) is 0 Å². The number of halogens is 1. The predicted molar refractivity (Wildman–Crippen MR) is 54.9 cm³/mol. The van der Waals surface area contributed by atoms with Crippen LogP contribution in [0, 0.1) is 46.8 Å². The molecule has 2 heteroatoms. The van der Waals surface area contributed by atoms with Crippen LogP contribution in [0.1, 0.15) is 13.3 Å². The van der Waals surface area contributed by atoms with E-state index < -0.39 is 0 Å². The fourth-order valence-electron chi connectivity index (χ4n) is 6.72.